The van der Waals surface area contributed by atoms with Crippen molar-refractivity contribution in [2.45, 2.75) is 69.2 Å². The van der Waals surface area contributed by atoms with Crippen molar-refractivity contribution in [2.75, 3.05) is 6.61 Å². The fourth-order valence-electron chi connectivity index (χ4n) is 6.55. The van der Waals surface area contributed by atoms with E-state index in [9.17, 15) is 0 Å². The van der Waals surface area contributed by atoms with E-state index in [1.165, 1.54) is 60.1 Å². The standard InChI is InChI=1S/C31H34NO3.ClHO4/c1-2-3-4-5-6-9-17-35-28-13-10-11-25-27-20-31(23-14-18-33-21-23,24-15-19-34-22-24)30(29(25)28)26-12-7-8-16-32(26)27;2-1(3,4)5/h7-8,10-16,18-19,21-22,27,30H,2-6,9,17,20H2,1H3;(H,2,3,4,5)/q+1;/p-1. The topological polar surface area (TPSA) is 132 Å². The Balaban J connectivity index is 0.000000595. The number of furan rings is 2. The van der Waals surface area contributed by atoms with E-state index in [-0.39, 0.29) is 17.4 Å². The predicted molar refractivity (Wildman–Crippen MR) is 135 cm³/mol. The van der Waals surface area contributed by atoms with Crippen LogP contribution in [0.2, 0.25) is 0 Å². The number of aromatic nitrogens is 1. The van der Waals surface area contributed by atoms with Crippen molar-refractivity contribution in [3.63, 3.8) is 0 Å². The lowest BCUT2D eigenvalue weighted by Gasteiger charge is -2.48. The minimum absolute atomic E-state index is 0.0969. The van der Waals surface area contributed by atoms with Crippen molar-refractivity contribution >= 4 is 0 Å². The summed E-state index contributed by atoms with van der Waals surface area (Å²) in [5.41, 5.74) is 6.12. The molecule has 4 aromatic rings. The Morgan fingerprint density at radius 2 is 1.55 bits per heavy atom. The van der Waals surface area contributed by atoms with E-state index in [0.717, 1.165) is 25.2 Å². The van der Waals surface area contributed by atoms with Crippen LogP contribution in [-0.4, -0.2) is 6.61 Å². The van der Waals surface area contributed by atoms with Gasteiger partial charge in [-0.3, -0.25) is 0 Å². The lowest BCUT2D eigenvalue weighted by Crippen LogP contribution is -2.68. The third kappa shape index (κ3) is 5.68. The summed E-state index contributed by atoms with van der Waals surface area (Å²) in [6, 6.07) is 17.7. The zero-order valence-electron chi connectivity index (χ0n) is 22.5. The molecule has 0 spiro atoms. The lowest BCUT2D eigenvalue weighted by atomic mass is 9.54. The van der Waals surface area contributed by atoms with Gasteiger partial charge in [0, 0.05) is 40.8 Å². The largest absolute Gasteiger partial charge is 0.493 e. The van der Waals surface area contributed by atoms with Crippen LogP contribution in [0.4, 0.5) is 0 Å². The molecule has 9 heteroatoms. The van der Waals surface area contributed by atoms with Gasteiger partial charge in [-0.2, -0.15) is 4.57 Å². The third-order valence-corrected chi connectivity index (χ3v) is 8.14. The van der Waals surface area contributed by atoms with Crippen LogP contribution in [0, 0.1) is 10.2 Å². The first-order chi connectivity index (χ1) is 19.3. The van der Waals surface area contributed by atoms with Crippen molar-refractivity contribution in [3.8, 4) is 5.75 Å². The zero-order valence-corrected chi connectivity index (χ0v) is 23.3. The van der Waals surface area contributed by atoms with E-state index in [0.29, 0.717) is 0 Å². The molecule has 0 saturated heterocycles. The first kappa shape index (κ1) is 28.4. The molecule has 5 heterocycles. The Kier molecular flexibility index (Phi) is 8.63. The molecule has 7 rings (SSSR count). The molecule has 0 radical (unpaired) electrons. The maximum Gasteiger partial charge on any atom is 0.190 e. The van der Waals surface area contributed by atoms with Gasteiger partial charge in [0.25, 0.3) is 0 Å². The number of fused-ring (bicyclic) bond motifs is 1. The first-order valence-corrected chi connectivity index (χ1v) is 15.0. The van der Waals surface area contributed by atoms with Crippen LogP contribution in [0.5, 0.6) is 5.75 Å². The molecule has 0 saturated carbocycles. The van der Waals surface area contributed by atoms with Crippen LogP contribution in [0.15, 0.2) is 88.6 Å². The van der Waals surface area contributed by atoms with Gasteiger partial charge in [-0.05, 0) is 24.6 Å². The summed E-state index contributed by atoms with van der Waals surface area (Å²) < 4.78 is 54.3. The number of unbranched alkanes of at least 4 members (excludes halogenated alkanes) is 5. The summed E-state index contributed by atoms with van der Waals surface area (Å²) in [4.78, 5) is 0. The van der Waals surface area contributed by atoms with Crippen molar-refractivity contribution in [2.24, 2.45) is 0 Å². The van der Waals surface area contributed by atoms with Crippen LogP contribution < -0.4 is 27.9 Å². The number of benzene rings is 1. The van der Waals surface area contributed by atoms with E-state index >= 15 is 0 Å². The number of hydrogen-bond acceptors (Lipinski definition) is 7. The summed E-state index contributed by atoms with van der Waals surface area (Å²) in [6.45, 7) is 3.03. The fraction of sp³-hybridized carbons (Fsp3) is 0.387. The number of pyridine rings is 1. The molecule has 3 aliphatic rings. The molecule has 212 valence electrons. The molecule has 2 bridgehead atoms. The van der Waals surface area contributed by atoms with Gasteiger partial charge in [0.15, 0.2) is 17.9 Å². The van der Waals surface area contributed by atoms with E-state index in [2.05, 4.69) is 66.2 Å². The van der Waals surface area contributed by atoms with Crippen molar-refractivity contribution in [1.29, 1.82) is 0 Å². The highest BCUT2D eigenvalue weighted by Gasteiger charge is 2.61. The minimum atomic E-state index is -4.94. The monoisotopic (exact) mass is 567 g/mol. The average molecular weight is 568 g/mol. The second-order valence-corrected chi connectivity index (χ2v) is 11.2. The minimum Gasteiger partial charge on any atom is -0.493 e. The Hall–Kier alpha value is -3.14. The van der Waals surface area contributed by atoms with Crippen LogP contribution in [0.25, 0.3) is 0 Å². The molecule has 0 amide bonds. The lowest BCUT2D eigenvalue weighted by molar-refractivity contribution is -2.00. The molecule has 8 nitrogen and oxygen atoms in total. The molecule has 40 heavy (non-hydrogen) atoms. The highest BCUT2D eigenvalue weighted by molar-refractivity contribution is 5.58. The van der Waals surface area contributed by atoms with Crippen LogP contribution in [0.3, 0.4) is 0 Å². The quantitative estimate of drug-likeness (QED) is 0.212. The third-order valence-electron chi connectivity index (χ3n) is 8.14. The van der Waals surface area contributed by atoms with Crippen LogP contribution in [0.1, 0.15) is 91.8 Å². The van der Waals surface area contributed by atoms with Gasteiger partial charge >= 0.3 is 0 Å². The summed E-state index contributed by atoms with van der Waals surface area (Å²) in [5, 5.41) is 0. The Labute approximate surface area is 236 Å². The summed E-state index contributed by atoms with van der Waals surface area (Å²) in [7, 11) is -4.94. The van der Waals surface area contributed by atoms with Crippen LogP contribution >= 0.6 is 0 Å². The first-order valence-electron chi connectivity index (χ1n) is 13.8. The smallest absolute Gasteiger partial charge is 0.190 e. The number of nitrogens with zero attached hydrogens (tertiary/aromatic N) is 1. The van der Waals surface area contributed by atoms with E-state index < -0.39 is 10.2 Å². The maximum atomic E-state index is 8.49. The number of rotatable bonds is 10. The molecule has 2 unspecified atom stereocenters. The molecule has 3 aromatic heterocycles. The summed E-state index contributed by atoms with van der Waals surface area (Å²) in [6.07, 6.45) is 18.2. The van der Waals surface area contributed by atoms with Crippen LogP contribution in [-0.2, 0) is 5.41 Å². The fourth-order valence-corrected chi connectivity index (χ4v) is 6.55. The number of halogens is 1. The molecule has 1 aliphatic carbocycles. The molecule has 0 N–H and O–H groups in total. The van der Waals surface area contributed by atoms with Crippen molar-refractivity contribution in [3.05, 3.63) is 108 Å². The van der Waals surface area contributed by atoms with Crippen molar-refractivity contribution in [1.82, 2.24) is 0 Å². The molecule has 1 aromatic carbocycles. The van der Waals surface area contributed by atoms with Gasteiger partial charge in [0.2, 0.25) is 0 Å². The summed E-state index contributed by atoms with van der Waals surface area (Å²) in [5.74, 6) is 1.12. The average Bonchev–Trinajstić information content (AvgIpc) is 3.67. The summed E-state index contributed by atoms with van der Waals surface area (Å²) >= 11 is 0. The Bertz CT molecular complexity index is 1320. The predicted octanol–water partition coefficient (Wildman–Crippen LogP) is 2.57. The van der Waals surface area contributed by atoms with E-state index in [1.807, 2.05) is 12.5 Å². The normalized spacial score (nSPS) is 18.4. The maximum absolute atomic E-state index is 8.49. The van der Waals surface area contributed by atoms with Gasteiger partial charge in [0.1, 0.15) is 5.75 Å². The SMILES string of the molecule is CCCCCCCCOc1cccc2c1C1c3cccc[n+]3C2CC1(c1ccoc1)c1ccoc1.[O-][Cl+3]([O-])([O-])[O-]. The zero-order chi connectivity index (χ0) is 28.2. The molecule has 0 fully saturated rings. The van der Waals surface area contributed by atoms with Gasteiger partial charge in [-0.15, -0.1) is 10.2 Å². The molecular formula is C31H34ClNO7. The van der Waals surface area contributed by atoms with Gasteiger partial charge < -0.3 is 13.6 Å². The highest BCUT2D eigenvalue weighted by atomic mass is 35.7. The highest BCUT2D eigenvalue weighted by Crippen LogP contribution is 2.61. The van der Waals surface area contributed by atoms with Gasteiger partial charge in [0.05, 0.1) is 43.0 Å². The van der Waals surface area contributed by atoms with E-state index in [4.69, 9.17) is 32.2 Å². The second kappa shape index (κ2) is 12.2. The Morgan fingerprint density at radius 3 is 2.20 bits per heavy atom. The number of hydrogen-bond donors (Lipinski definition) is 0. The Morgan fingerprint density at radius 1 is 0.875 bits per heavy atom. The van der Waals surface area contributed by atoms with E-state index in [1.54, 1.807) is 12.5 Å². The number of ether oxygens (including phenoxy) is 1. The molecule has 2 aliphatic heterocycles. The molecule has 2 atom stereocenters. The molecular weight excluding hydrogens is 534 g/mol. The van der Waals surface area contributed by atoms with Gasteiger partial charge in [-0.25, -0.2) is 18.6 Å². The van der Waals surface area contributed by atoms with Crippen molar-refractivity contribution < 1.29 is 47.0 Å². The van der Waals surface area contributed by atoms with Gasteiger partial charge in [-0.1, -0.05) is 57.2 Å². The second-order valence-electron chi connectivity index (χ2n) is 10.4.